The number of hydrogen-bond acceptors (Lipinski definition) is 6. The van der Waals surface area contributed by atoms with Crippen LogP contribution in [0.4, 0.5) is 22.0 Å². The van der Waals surface area contributed by atoms with Crippen molar-refractivity contribution in [3.8, 4) is 11.5 Å². The maximum Gasteiger partial charge on any atom is 0.458 e. The van der Waals surface area contributed by atoms with E-state index in [0.717, 1.165) is 19.1 Å². The number of hydrogen-bond donors (Lipinski definition) is 2. The van der Waals surface area contributed by atoms with E-state index in [4.69, 9.17) is 5.41 Å². The van der Waals surface area contributed by atoms with Gasteiger partial charge in [-0.2, -0.15) is 22.0 Å². The molecule has 1 fully saturated rings. The molecule has 1 unspecified atom stereocenters. The minimum Gasteiger partial charge on any atom is -0.610 e. The highest BCUT2D eigenvalue weighted by atomic mass is 32.2. The normalized spacial score (nSPS) is 16.1. The first-order chi connectivity index (χ1) is 16.4. The first-order valence-electron chi connectivity index (χ1n) is 10.6. The minimum absolute atomic E-state index is 0.0559. The van der Waals surface area contributed by atoms with E-state index in [1.54, 1.807) is 24.7 Å². The fraction of sp³-hybridized carbons (Fsp3) is 0.429. The summed E-state index contributed by atoms with van der Waals surface area (Å²) in [5, 5.41) is 11.3. The van der Waals surface area contributed by atoms with E-state index in [1.165, 1.54) is 11.6 Å². The number of fused-ring (bicyclic) bond motifs is 1. The number of aryl methyl sites for hydroxylation is 1. The van der Waals surface area contributed by atoms with Crippen LogP contribution in [-0.4, -0.2) is 52.8 Å². The van der Waals surface area contributed by atoms with E-state index in [1.807, 2.05) is 0 Å². The Hall–Kier alpha value is -3.00. The lowest BCUT2D eigenvalue weighted by Crippen LogP contribution is -2.33. The van der Waals surface area contributed by atoms with Gasteiger partial charge in [0.05, 0.1) is 11.1 Å². The van der Waals surface area contributed by atoms with Crippen molar-refractivity contribution in [3.63, 3.8) is 0 Å². The van der Waals surface area contributed by atoms with Crippen LogP contribution in [0.25, 0.3) is 28.3 Å². The van der Waals surface area contributed by atoms with Crippen LogP contribution in [-0.2, 0) is 31.2 Å². The molecule has 0 radical (unpaired) electrons. The van der Waals surface area contributed by atoms with E-state index in [2.05, 4.69) is 20.3 Å². The number of imidazole rings is 2. The van der Waals surface area contributed by atoms with Crippen LogP contribution in [0.5, 0.6) is 0 Å². The van der Waals surface area contributed by atoms with Crippen molar-refractivity contribution in [1.29, 1.82) is 5.41 Å². The monoisotopic (exact) mass is 515 g/mol. The zero-order chi connectivity index (χ0) is 25.7. The Balaban J connectivity index is 1.87. The number of aromatic nitrogens is 5. The number of alkyl halides is 5. The topological polar surface area (TPSA) is 107 Å². The van der Waals surface area contributed by atoms with Crippen LogP contribution in [0.2, 0.25) is 0 Å². The molecule has 1 atom stereocenters. The number of pyridine rings is 1. The van der Waals surface area contributed by atoms with Gasteiger partial charge in [-0.05, 0) is 25.8 Å². The number of nitrogens with one attached hydrogen (secondary N) is 2. The molecule has 1 aliphatic carbocycles. The molecule has 14 heteroatoms. The molecule has 4 rings (SSSR count). The standard InChI is InChI=1S/C21H22F5N7OS/c1-4-35(34)19-15(31-16(33(19)3)11(8-27)9-28-13-5-6-13)18-30-14-7-12(10-29-17(14)32(18)2)20(22,23)21(24,25)26/h7-10,13,27-28H,4-6H2,1-3H3/b11-9+,27-8?. The molecular weight excluding hydrogens is 493 g/mol. The molecular formula is C21H22F5N7OS. The quantitative estimate of drug-likeness (QED) is 0.269. The number of halogens is 5. The van der Waals surface area contributed by atoms with Gasteiger partial charge in [-0.3, -0.25) is 4.57 Å². The molecule has 1 aliphatic rings. The molecule has 2 N–H and O–H groups in total. The third-order valence-electron chi connectivity index (χ3n) is 5.63. The van der Waals surface area contributed by atoms with Gasteiger partial charge in [0.1, 0.15) is 17.1 Å². The van der Waals surface area contributed by atoms with Gasteiger partial charge in [0.25, 0.3) is 5.03 Å². The third-order valence-corrected chi connectivity index (χ3v) is 7.05. The van der Waals surface area contributed by atoms with Gasteiger partial charge in [-0.15, -0.1) is 0 Å². The van der Waals surface area contributed by atoms with E-state index in [0.29, 0.717) is 29.7 Å². The van der Waals surface area contributed by atoms with E-state index in [-0.39, 0.29) is 33.5 Å². The van der Waals surface area contributed by atoms with Gasteiger partial charge in [0, 0.05) is 49.9 Å². The molecule has 3 aromatic heterocycles. The molecule has 188 valence electrons. The van der Waals surface area contributed by atoms with Crippen LogP contribution in [0.15, 0.2) is 23.5 Å². The summed E-state index contributed by atoms with van der Waals surface area (Å²) in [6.07, 6.45) is -0.540. The Morgan fingerprint density at radius 3 is 2.49 bits per heavy atom. The zero-order valence-electron chi connectivity index (χ0n) is 19.0. The van der Waals surface area contributed by atoms with Gasteiger partial charge in [0.2, 0.25) is 0 Å². The molecule has 0 bridgehead atoms. The molecule has 0 aromatic carbocycles. The Labute approximate surface area is 200 Å². The number of nitrogens with zero attached hydrogens (tertiary/aromatic N) is 5. The first kappa shape index (κ1) is 25.1. The summed E-state index contributed by atoms with van der Waals surface area (Å²) in [5.41, 5.74) is -0.889. The van der Waals surface area contributed by atoms with Crippen LogP contribution in [0.1, 0.15) is 31.2 Å². The Morgan fingerprint density at radius 2 is 1.91 bits per heavy atom. The lowest BCUT2D eigenvalue weighted by Gasteiger charge is -2.19. The van der Waals surface area contributed by atoms with Gasteiger partial charge in [0.15, 0.2) is 17.2 Å². The Morgan fingerprint density at radius 1 is 1.23 bits per heavy atom. The van der Waals surface area contributed by atoms with Gasteiger partial charge in [-0.1, -0.05) is 0 Å². The van der Waals surface area contributed by atoms with Crippen LogP contribution >= 0.6 is 0 Å². The van der Waals surface area contributed by atoms with Crippen molar-refractivity contribution in [3.05, 3.63) is 29.9 Å². The van der Waals surface area contributed by atoms with E-state index >= 15 is 0 Å². The van der Waals surface area contributed by atoms with E-state index in [9.17, 15) is 26.5 Å². The summed E-state index contributed by atoms with van der Waals surface area (Å²) in [5.74, 6) is -4.45. The molecule has 3 heterocycles. The molecule has 8 nitrogen and oxygen atoms in total. The van der Waals surface area contributed by atoms with Crippen LogP contribution in [0.3, 0.4) is 0 Å². The van der Waals surface area contributed by atoms with Crippen molar-refractivity contribution in [1.82, 2.24) is 29.4 Å². The maximum absolute atomic E-state index is 13.9. The summed E-state index contributed by atoms with van der Waals surface area (Å²) < 4.78 is 82.2. The second-order valence-corrected chi connectivity index (χ2v) is 9.76. The highest BCUT2D eigenvalue weighted by molar-refractivity contribution is 7.91. The molecule has 0 spiro atoms. The van der Waals surface area contributed by atoms with Crippen molar-refractivity contribution in [2.24, 2.45) is 14.1 Å². The fourth-order valence-electron chi connectivity index (χ4n) is 3.54. The van der Waals surface area contributed by atoms with E-state index < -0.39 is 28.8 Å². The molecule has 1 saturated carbocycles. The highest BCUT2D eigenvalue weighted by Gasteiger charge is 2.59. The summed E-state index contributed by atoms with van der Waals surface area (Å²) in [4.78, 5) is 12.6. The van der Waals surface area contributed by atoms with Gasteiger partial charge >= 0.3 is 12.1 Å². The summed E-state index contributed by atoms with van der Waals surface area (Å²) in [6.45, 7) is 1.70. The molecule has 0 aliphatic heterocycles. The van der Waals surface area contributed by atoms with Gasteiger partial charge < -0.3 is 19.8 Å². The lowest BCUT2D eigenvalue weighted by atomic mass is 10.1. The number of rotatable bonds is 8. The van der Waals surface area contributed by atoms with Crippen molar-refractivity contribution < 1.29 is 26.5 Å². The summed E-state index contributed by atoms with van der Waals surface area (Å²) in [6, 6.07) is 0.964. The summed E-state index contributed by atoms with van der Waals surface area (Å²) >= 11 is -1.54. The predicted octanol–water partition coefficient (Wildman–Crippen LogP) is 3.89. The minimum atomic E-state index is -5.79. The zero-order valence-corrected chi connectivity index (χ0v) is 19.8. The largest absolute Gasteiger partial charge is 0.610 e. The molecule has 0 amide bonds. The average molecular weight is 516 g/mol. The molecule has 3 aromatic rings. The van der Waals surface area contributed by atoms with Crippen molar-refractivity contribution >= 4 is 34.1 Å². The SMILES string of the molecule is CC[S+]([O-])c1c(-c2nc3cc(C(F)(F)C(F)(F)F)cnc3n2C)nc(/C(C=N)=C/NC2CC2)n1C. The lowest BCUT2D eigenvalue weighted by molar-refractivity contribution is -0.289. The maximum atomic E-state index is 13.9. The molecule has 35 heavy (non-hydrogen) atoms. The Kier molecular flexibility index (Phi) is 6.38. The predicted molar refractivity (Wildman–Crippen MR) is 121 cm³/mol. The second kappa shape index (κ2) is 8.90. The average Bonchev–Trinajstić information content (AvgIpc) is 3.50. The highest BCUT2D eigenvalue weighted by Crippen LogP contribution is 2.44. The molecule has 0 saturated heterocycles. The van der Waals surface area contributed by atoms with Gasteiger partial charge in [-0.25, -0.2) is 15.0 Å². The summed E-state index contributed by atoms with van der Waals surface area (Å²) in [7, 11) is 3.14. The van der Waals surface area contributed by atoms with Crippen molar-refractivity contribution in [2.45, 2.75) is 42.9 Å². The Bertz CT molecular complexity index is 1310. The first-order valence-corrected chi connectivity index (χ1v) is 11.9. The third kappa shape index (κ3) is 4.40. The second-order valence-electron chi connectivity index (χ2n) is 8.10. The van der Waals surface area contributed by atoms with Crippen molar-refractivity contribution in [2.75, 3.05) is 5.75 Å². The van der Waals surface area contributed by atoms with Crippen LogP contribution < -0.4 is 5.32 Å². The van der Waals surface area contributed by atoms with Crippen LogP contribution in [0, 0.1) is 5.41 Å². The smallest absolute Gasteiger partial charge is 0.458 e. The number of allylic oxidation sites excluding steroid dienone is 1. The fourth-order valence-corrected chi connectivity index (χ4v) is 4.55.